The van der Waals surface area contributed by atoms with Crippen LogP contribution in [0.25, 0.3) is 0 Å². The Labute approximate surface area is 74.8 Å². The number of carbonyl (C=O) groups is 3. The molecule has 0 aliphatic heterocycles. The van der Waals surface area contributed by atoms with Crippen LogP contribution < -0.4 is 0 Å². The van der Waals surface area contributed by atoms with Crippen molar-refractivity contribution in [3.05, 3.63) is 0 Å². The third-order valence-corrected chi connectivity index (χ3v) is 1.26. The van der Waals surface area contributed by atoms with Gasteiger partial charge in [-0.2, -0.15) is 0 Å². The van der Waals surface area contributed by atoms with Gasteiger partial charge in [0, 0.05) is 0 Å². The molecule has 6 nitrogen and oxygen atoms in total. The molecular weight excluding hydrogens is 180 g/mol. The summed E-state index contributed by atoms with van der Waals surface area (Å²) in [6.45, 7) is 0.0739. The smallest absolute Gasteiger partial charge is 0.347 e. The average molecular weight is 190 g/mol. The molecule has 0 aromatic rings. The summed E-state index contributed by atoms with van der Waals surface area (Å²) in [5, 5.41) is 0. The normalized spacial score (nSPS) is 11.2. The highest BCUT2D eigenvalue weighted by Crippen LogP contribution is 2.00. The Morgan fingerprint density at radius 2 is 1.92 bits per heavy atom. The summed E-state index contributed by atoms with van der Waals surface area (Å²) in [5.74, 6) is -1.45. The molecule has 0 unspecified atom stereocenters. The first-order chi connectivity index (χ1) is 6.15. The molecule has 0 aliphatic carbocycles. The van der Waals surface area contributed by atoms with E-state index in [-0.39, 0.29) is 12.9 Å². The van der Waals surface area contributed by atoms with Crippen molar-refractivity contribution in [1.29, 1.82) is 0 Å². The van der Waals surface area contributed by atoms with Crippen molar-refractivity contribution in [3.8, 4) is 0 Å². The van der Waals surface area contributed by atoms with Crippen molar-refractivity contribution in [2.45, 2.75) is 12.5 Å². The van der Waals surface area contributed by atoms with Crippen LogP contribution >= 0.6 is 0 Å². The van der Waals surface area contributed by atoms with Crippen LogP contribution in [-0.2, 0) is 28.6 Å². The number of hydrogen-bond acceptors (Lipinski definition) is 6. The molecule has 0 rings (SSSR count). The predicted molar refractivity (Wildman–Crippen MR) is 39.6 cm³/mol. The van der Waals surface area contributed by atoms with E-state index < -0.39 is 18.0 Å². The van der Waals surface area contributed by atoms with E-state index in [0.29, 0.717) is 0 Å². The SMILES string of the molecule is COC(=O)C[C@H](OC=O)C(=O)OC. The minimum Gasteiger partial charge on any atom is -0.469 e. The molecule has 1 atom stereocenters. The standard InChI is InChI=1S/C7H10O6/c1-11-6(9)3-5(13-4-8)7(10)12-2/h4-5H,3H2,1-2H3/t5-/m0/s1. The van der Waals surface area contributed by atoms with Crippen molar-refractivity contribution in [1.82, 2.24) is 0 Å². The number of ether oxygens (including phenoxy) is 3. The molecule has 0 saturated heterocycles. The maximum absolute atomic E-state index is 10.8. The van der Waals surface area contributed by atoms with Gasteiger partial charge in [-0.15, -0.1) is 0 Å². The third-order valence-electron chi connectivity index (χ3n) is 1.26. The molecule has 6 heteroatoms. The first-order valence-corrected chi connectivity index (χ1v) is 3.39. The second-order valence-corrected chi connectivity index (χ2v) is 2.02. The average Bonchev–Trinajstić information content (AvgIpc) is 2.15. The Bertz CT molecular complexity index is 199. The van der Waals surface area contributed by atoms with E-state index in [1.54, 1.807) is 0 Å². The molecule has 13 heavy (non-hydrogen) atoms. The predicted octanol–water partition coefficient (Wildman–Crippen LogP) is -0.736. The summed E-state index contributed by atoms with van der Waals surface area (Å²) < 4.78 is 12.9. The van der Waals surface area contributed by atoms with Gasteiger partial charge in [0.1, 0.15) is 0 Å². The van der Waals surface area contributed by atoms with E-state index in [4.69, 9.17) is 0 Å². The fourth-order valence-electron chi connectivity index (χ4n) is 0.620. The lowest BCUT2D eigenvalue weighted by molar-refractivity contribution is -0.163. The molecule has 0 amide bonds. The van der Waals surface area contributed by atoms with Crippen LogP contribution in [0.2, 0.25) is 0 Å². The topological polar surface area (TPSA) is 78.9 Å². The number of carbonyl (C=O) groups excluding carboxylic acids is 3. The van der Waals surface area contributed by atoms with Crippen LogP contribution in [0.15, 0.2) is 0 Å². The van der Waals surface area contributed by atoms with Gasteiger partial charge in [0.05, 0.1) is 20.6 Å². The first-order valence-electron chi connectivity index (χ1n) is 3.39. The maximum atomic E-state index is 10.8. The summed E-state index contributed by atoms with van der Waals surface area (Å²) >= 11 is 0. The first kappa shape index (κ1) is 11.4. The minimum absolute atomic E-state index is 0.0739. The van der Waals surface area contributed by atoms with Crippen molar-refractivity contribution in [2.75, 3.05) is 14.2 Å². The summed E-state index contributed by atoms with van der Waals surface area (Å²) in [6, 6.07) is 0. The molecule has 0 aliphatic rings. The van der Waals surface area contributed by atoms with Crippen molar-refractivity contribution in [2.24, 2.45) is 0 Å². The fourth-order valence-corrected chi connectivity index (χ4v) is 0.620. The van der Waals surface area contributed by atoms with Gasteiger partial charge in [0.2, 0.25) is 6.10 Å². The Balaban J connectivity index is 4.16. The van der Waals surface area contributed by atoms with Gasteiger partial charge in [-0.3, -0.25) is 9.59 Å². The molecule has 0 aromatic heterocycles. The van der Waals surface area contributed by atoms with Crippen LogP contribution in [0.3, 0.4) is 0 Å². The second-order valence-electron chi connectivity index (χ2n) is 2.02. The van der Waals surface area contributed by atoms with Crippen LogP contribution in [-0.4, -0.2) is 38.7 Å². The maximum Gasteiger partial charge on any atom is 0.347 e. The van der Waals surface area contributed by atoms with Gasteiger partial charge in [-0.05, 0) is 0 Å². The highest BCUT2D eigenvalue weighted by molar-refractivity contribution is 5.82. The molecule has 0 N–H and O–H groups in total. The summed E-state index contributed by atoms with van der Waals surface area (Å²) in [6.07, 6.45) is -1.57. The zero-order valence-electron chi connectivity index (χ0n) is 7.31. The quantitative estimate of drug-likeness (QED) is 0.323. The van der Waals surface area contributed by atoms with Gasteiger partial charge < -0.3 is 14.2 Å². The van der Waals surface area contributed by atoms with Gasteiger partial charge in [0.15, 0.2) is 0 Å². The summed E-state index contributed by atoms with van der Waals surface area (Å²) in [7, 11) is 2.29. The van der Waals surface area contributed by atoms with Gasteiger partial charge in [-0.1, -0.05) is 0 Å². The molecule has 0 heterocycles. The largest absolute Gasteiger partial charge is 0.469 e. The highest BCUT2D eigenvalue weighted by Gasteiger charge is 2.24. The Kier molecular flexibility index (Phi) is 5.25. The van der Waals surface area contributed by atoms with Crippen LogP contribution in [0.5, 0.6) is 0 Å². The monoisotopic (exact) mass is 190 g/mol. The minimum atomic E-state index is -1.23. The molecule has 0 bridgehead atoms. The number of rotatable bonds is 5. The van der Waals surface area contributed by atoms with Crippen LogP contribution in [0, 0.1) is 0 Å². The molecule has 0 fully saturated rings. The van der Waals surface area contributed by atoms with Crippen molar-refractivity contribution < 1.29 is 28.6 Å². The molecule has 0 spiro atoms. The van der Waals surface area contributed by atoms with Gasteiger partial charge >= 0.3 is 11.9 Å². The number of hydrogen-bond donors (Lipinski definition) is 0. The van der Waals surface area contributed by atoms with E-state index >= 15 is 0 Å². The van der Waals surface area contributed by atoms with E-state index in [9.17, 15) is 14.4 Å². The number of methoxy groups -OCH3 is 2. The summed E-state index contributed by atoms with van der Waals surface area (Å²) in [4.78, 5) is 31.5. The highest BCUT2D eigenvalue weighted by atomic mass is 16.6. The molecular formula is C7H10O6. The third kappa shape index (κ3) is 4.09. The van der Waals surface area contributed by atoms with E-state index in [0.717, 1.165) is 14.2 Å². The lowest BCUT2D eigenvalue weighted by Crippen LogP contribution is -2.28. The number of esters is 2. The van der Waals surface area contributed by atoms with Crippen LogP contribution in [0.1, 0.15) is 6.42 Å². The van der Waals surface area contributed by atoms with Crippen molar-refractivity contribution >= 4 is 18.4 Å². The zero-order chi connectivity index (χ0) is 10.3. The molecule has 0 radical (unpaired) electrons. The lowest BCUT2D eigenvalue weighted by atomic mass is 10.2. The fraction of sp³-hybridized carbons (Fsp3) is 0.571. The lowest BCUT2D eigenvalue weighted by Gasteiger charge is -2.10. The Morgan fingerprint density at radius 3 is 2.31 bits per heavy atom. The Morgan fingerprint density at radius 1 is 1.31 bits per heavy atom. The Hall–Kier alpha value is -1.59. The molecule has 0 saturated carbocycles. The second kappa shape index (κ2) is 5.99. The van der Waals surface area contributed by atoms with Gasteiger partial charge in [0.25, 0.3) is 6.47 Å². The zero-order valence-corrected chi connectivity index (χ0v) is 7.31. The molecule has 0 aromatic carbocycles. The summed E-state index contributed by atoms with van der Waals surface area (Å²) in [5.41, 5.74) is 0. The van der Waals surface area contributed by atoms with Crippen LogP contribution in [0.4, 0.5) is 0 Å². The van der Waals surface area contributed by atoms with E-state index in [1.165, 1.54) is 0 Å². The van der Waals surface area contributed by atoms with Gasteiger partial charge in [-0.25, -0.2) is 4.79 Å². The van der Waals surface area contributed by atoms with Crippen molar-refractivity contribution in [3.63, 3.8) is 0 Å². The van der Waals surface area contributed by atoms with E-state index in [2.05, 4.69) is 14.2 Å². The van der Waals surface area contributed by atoms with E-state index in [1.807, 2.05) is 0 Å². The molecule has 74 valence electrons.